The van der Waals surface area contributed by atoms with Gasteiger partial charge in [-0.3, -0.25) is 15.0 Å². The van der Waals surface area contributed by atoms with E-state index in [1.807, 2.05) is 0 Å². The van der Waals surface area contributed by atoms with Crippen molar-refractivity contribution in [2.24, 2.45) is 0 Å². The first-order valence-electron chi connectivity index (χ1n) is 9.52. The Morgan fingerprint density at radius 2 is 1.87 bits per heavy atom. The van der Waals surface area contributed by atoms with Crippen molar-refractivity contribution in [3.63, 3.8) is 0 Å². The molecule has 0 radical (unpaired) electrons. The molecule has 3 rings (SSSR count). The number of hydrogen-bond donors (Lipinski definition) is 0. The summed E-state index contributed by atoms with van der Waals surface area (Å²) in [4.78, 5) is 15.8. The lowest BCUT2D eigenvalue weighted by atomic mass is 10.2. The number of nitrogens with zero attached hydrogens (tertiary/aromatic N) is 4. The summed E-state index contributed by atoms with van der Waals surface area (Å²) in [6.45, 7) is 10.4. The molecular weight excluding hydrogens is 444 g/mol. The fraction of sp³-hybridized carbons (Fsp3) is 0.350. The lowest BCUT2D eigenvalue weighted by Gasteiger charge is -2.29. The van der Waals surface area contributed by atoms with E-state index in [0.29, 0.717) is 44.1 Å². The van der Waals surface area contributed by atoms with Gasteiger partial charge in [-0.2, -0.15) is 4.31 Å². The molecule has 0 aliphatic carbocycles. The SMILES string of the molecule is [C-]#[N+]c1ccc(CN(CCN2CCOCC2)S(=O)(=O)c2ccc(Cl)c([N+](=O)[O-])c2)cc1. The highest BCUT2D eigenvalue weighted by Gasteiger charge is 2.28. The zero-order valence-electron chi connectivity index (χ0n) is 16.6. The summed E-state index contributed by atoms with van der Waals surface area (Å²) in [7, 11) is -4.04. The summed E-state index contributed by atoms with van der Waals surface area (Å²) in [6, 6.07) is 10.1. The molecule has 1 aliphatic rings. The van der Waals surface area contributed by atoms with Gasteiger partial charge < -0.3 is 4.74 Å². The molecule has 0 amide bonds. The Morgan fingerprint density at radius 1 is 1.19 bits per heavy atom. The molecule has 0 atom stereocenters. The summed E-state index contributed by atoms with van der Waals surface area (Å²) in [5, 5.41) is 11.1. The molecule has 1 saturated heterocycles. The maximum Gasteiger partial charge on any atom is 0.289 e. The number of nitro groups is 1. The van der Waals surface area contributed by atoms with E-state index in [1.165, 1.54) is 16.4 Å². The number of nitro benzene ring substituents is 1. The van der Waals surface area contributed by atoms with Gasteiger partial charge in [0.1, 0.15) is 5.02 Å². The number of halogens is 1. The third-order valence-corrected chi connectivity index (χ3v) is 7.11. The van der Waals surface area contributed by atoms with E-state index < -0.39 is 20.6 Å². The van der Waals surface area contributed by atoms with Crippen LogP contribution in [-0.2, 0) is 21.3 Å². The van der Waals surface area contributed by atoms with Crippen molar-refractivity contribution in [2.45, 2.75) is 11.4 Å². The molecule has 9 nitrogen and oxygen atoms in total. The van der Waals surface area contributed by atoms with Crippen LogP contribution in [0.3, 0.4) is 0 Å². The monoisotopic (exact) mass is 464 g/mol. The predicted octanol–water partition coefficient (Wildman–Crippen LogP) is 3.32. The molecule has 0 N–H and O–H groups in total. The topological polar surface area (TPSA) is 97.3 Å². The summed E-state index contributed by atoms with van der Waals surface area (Å²) >= 11 is 5.85. The summed E-state index contributed by atoms with van der Waals surface area (Å²) in [5.74, 6) is 0. The van der Waals surface area contributed by atoms with Gasteiger partial charge in [-0.05, 0) is 17.7 Å². The molecule has 2 aromatic rings. The van der Waals surface area contributed by atoms with E-state index in [4.69, 9.17) is 22.9 Å². The normalized spacial score (nSPS) is 15.0. The zero-order valence-corrected chi connectivity index (χ0v) is 18.2. The summed E-state index contributed by atoms with van der Waals surface area (Å²) in [6.07, 6.45) is 0. The van der Waals surface area contributed by atoms with E-state index in [-0.39, 0.29) is 23.0 Å². The van der Waals surface area contributed by atoms with Gasteiger partial charge in [-0.15, -0.1) is 0 Å². The molecule has 11 heteroatoms. The average molecular weight is 465 g/mol. The van der Waals surface area contributed by atoms with Crippen LogP contribution in [0.1, 0.15) is 5.56 Å². The van der Waals surface area contributed by atoms with Crippen molar-refractivity contribution in [3.8, 4) is 0 Å². The van der Waals surface area contributed by atoms with E-state index >= 15 is 0 Å². The fourth-order valence-corrected chi connectivity index (χ4v) is 4.81. The second-order valence-corrected chi connectivity index (χ2v) is 9.29. The fourth-order valence-electron chi connectivity index (χ4n) is 3.18. The van der Waals surface area contributed by atoms with Crippen LogP contribution < -0.4 is 0 Å². The zero-order chi connectivity index (χ0) is 22.4. The van der Waals surface area contributed by atoms with Crippen molar-refractivity contribution in [3.05, 3.63) is 74.6 Å². The molecule has 0 saturated carbocycles. The molecular formula is C20H21ClN4O5S. The molecule has 1 aliphatic heterocycles. The lowest BCUT2D eigenvalue weighted by Crippen LogP contribution is -2.42. The first-order valence-corrected chi connectivity index (χ1v) is 11.3. The van der Waals surface area contributed by atoms with Crippen LogP contribution in [0.25, 0.3) is 4.85 Å². The van der Waals surface area contributed by atoms with Crippen LogP contribution in [0.2, 0.25) is 5.02 Å². The third-order valence-electron chi connectivity index (χ3n) is 4.95. The minimum atomic E-state index is -4.04. The Hall–Kier alpha value is -2.55. The van der Waals surface area contributed by atoms with Gasteiger partial charge in [0.15, 0.2) is 5.69 Å². The van der Waals surface area contributed by atoms with Crippen molar-refractivity contribution in [2.75, 3.05) is 39.4 Å². The van der Waals surface area contributed by atoms with Crippen LogP contribution in [0.4, 0.5) is 11.4 Å². The number of morpholine rings is 1. The lowest BCUT2D eigenvalue weighted by molar-refractivity contribution is -0.384. The second kappa shape index (κ2) is 10.2. The van der Waals surface area contributed by atoms with Crippen molar-refractivity contribution >= 4 is 33.0 Å². The Labute approximate surface area is 185 Å². The van der Waals surface area contributed by atoms with Crippen LogP contribution in [-0.4, -0.2) is 61.9 Å². The largest absolute Gasteiger partial charge is 0.379 e. The molecule has 0 spiro atoms. The highest BCUT2D eigenvalue weighted by molar-refractivity contribution is 7.89. The Morgan fingerprint density at radius 3 is 2.48 bits per heavy atom. The van der Waals surface area contributed by atoms with Gasteiger partial charge >= 0.3 is 0 Å². The van der Waals surface area contributed by atoms with Gasteiger partial charge in [0.05, 0.1) is 29.6 Å². The van der Waals surface area contributed by atoms with Gasteiger partial charge in [-0.1, -0.05) is 35.9 Å². The van der Waals surface area contributed by atoms with Crippen LogP contribution >= 0.6 is 11.6 Å². The molecule has 164 valence electrons. The van der Waals surface area contributed by atoms with Crippen LogP contribution in [0.5, 0.6) is 0 Å². The number of benzene rings is 2. The minimum Gasteiger partial charge on any atom is -0.379 e. The summed E-state index contributed by atoms with van der Waals surface area (Å²) < 4.78 is 33.4. The Bertz CT molecular complexity index is 1080. The maximum atomic E-state index is 13.4. The number of rotatable bonds is 8. The number of sulfonamides is 1. The highest BCUT2D eigenvalue weighted by atomic mass is 35.5. The van der Waals surface area contributed by atoms with Gasteiger partial charge in [-0.25, -0.2) is 13.3 Å². The van der Waals surface area contributed by atoms with E-state index in [2.05, 4.69) is 9.74 Å². The van der Waals surface area contributed by atoms with E-state index in [9.17, 15) is 18.5 Å². The van der Waals surface area contributed by atoms with E-state index in [0.717, 1.165) is 6.07 Å². The molecule has 0 unspecified atom stereocenters. The molecule has 1 fully saturated rings. The third kappa shape index (κ3) is 5.78. The van der Waals surface area contributed by atoms with Crippen molar-refractivity contribution in [1.29, 1.82) is 0 Å². The smallest absolute Gasteiger partial charge is 0.289 e. The van der Waals surface area contributed by atoms with Crippen molar-refractivity contribution in [1.82, 2.24) is 9.21 Å². The van der Waals surface area contributed by atoms with Gasteiger partial charge in [0.25, 0.3) is 5.69 Å². The van der Waals surface area contributed by atoms with Gasteiger partial charge in [0.2, 0.25) is 10.0 Å². The highest BCUT2D eigenvalue weighted by Crippen LogP contribution is 2.29. The summed E-state index contributed by atoms with van der Waals surface area (Å²) in [5.41, 5.74) is 0.707. The minimum absolute atomic E-state index is 0.0708. The number of ether oxygens (including phenoxy) is 1. The molecule has 31 heavy (non-hydrogen) atoms. The van der Waals surface area contributed by atoms with Crippen LogP contribution in [0.15, 0.2) is 47.4 Å². The van der Waals surface area contributed by atoms with Gasteiger partial charge in [0, 0.05) is 38.8 Å². The quantitative estimate of drug-likeness (QED) is 0.337. The molecule has 0 bridgehead atoms. The Kier molecular flexibility index (Phi) is 7.59. The average Bonchev–Trinajstić information content (AvgIpc) is 2.77. The second-order valence-electron chi connectivity index (χ2n) is 6.94. The Balaban J connectivity index is 1.89. The molecule has 1 heterocycles. The standard InChI is InChI=1S/C20H21ClN4O5S/c1-22-17-4-2-16(3-5-17)15-24(9-8-23-10-12-30-13-11-23)31(28,29)18-6-7-19(21)20(14-18)25(26)27/h2-7,14H,8-13,15H2. The van der Waals surface area contributed by atoms with E-state index in [1.54, 1.807) is 24.3 Å². The van der Waals surface area contributed by atoms with Crippen molar-refractivity contribution < 1.29 is 18.1 Å². The predicted molar refractivity (Wildman–Crippen MR) is 116 cm³/mol. The first kappa shape index (κ1) is 23.1. The maximum absolute atomic E-state index is 13.4. The molecule has 0 aromatic heterocycles. The van der Waals surface area contributed by atoms with Crippen LogP contribution in [0, 0.1) is 16.7 Å². The molecule has 2 aromatic carbocycles. The number of hydrogen-bond acceptors (Lipinski definition) is 6. The first-order chi connectivity index (χ1) is 14.8.